The average Bonchev–Trinajstić information content (AvgIpc) is 2.98. The molecule has 1 saturated carbocycles. The first-order valence-electron chi connectivity index (χ1n) is 15.0. The highest BCUT2D eigenvalue weighted by Gasteiger charge is 2.32. The summed E-state index contributed by atoms with van der Waals surface area (Å²) in [7, 11) is -3.59. The summed E-state index contributed by atoms with van der Waals surface area (Å²) in [5.74, 6) is -0.332. The normalized spacial score (nSPS) is 14.6. The molecular weight excluding hydrogens is 582 g/mol. The Kier molecular flexibility index (Phi) is 11.7. The van der Waals surface area contributed by atoms with Crippen LogP contribution in [0, 0.1) is 6.92 Å². The summed E-state index contributed by atoms with van der Waals surface area (Å²) in [6.07, 6.45) is 7.17. The van der Waals surface area contributed by atoms with Gasteiger partial charge in [0.15, 0.2) is 0 Å². The molecule has 1 aliphatic carbocycles. The van der Waals surface area contributed by atoms with Crippen LogP contribution < -0.4 is 9.62 Å². The van der Waals surface area contributed by atoms with E-state index in [0.717, 1.165) is 48.6 Å². The summed E-state index contributed by atoms with van der Waals surface area (Å²) in [4.78, 5) is 29.7. The molecule has 4 rings (SSSR count). The zero-order valence-corrected chi connectivity index (χ0v) is 26.6. The number of sulfonamides is 1. The third-order valence-corrected chi connectivity index (χ3v) is 9.37. The van der Waals surface area contributed by atoms with Gasteiger partial charge in [-0.15, -0.1) is 0 Å². The van der Waals surface area contributed by atoms with Crippen molar-refractivity contribution in [2.75, 3.05) is 17.1 Å². The maximum atomic E-state index is 14.0. The standard InChI is InChI=1S/C34H42ClN3O4S/c1-26-11-9-14-28(23-26)25-37(33(39)17-10-22-38(43(2,41)42)31-20-18-29(35)19-21-31)32(24-27-12-5-3-6-13-27)34(40)36-30-15-7-4-8-16-30/h3,5-6,9,11-14,18-21,23,30,32H,4,7-8,10,15-17,22,24-25H2,1-2H3,(H,36,40)/t32-/m0/s1. The molecule has 0 radical (unpaired) electrons. The summed E-state index contributed by atoms with van der Waals surface area (Å²) >= 11 is 6.01. The summed E-state index contributed by atoms with van der Waals surface area (Å²) in [5.41, 5.74) is 3.47. The zero-order valence-electron chi connectivity index (χ0n) is 25.0. The van der Waals surface area contributed by atoms with E-state index in [1.165, 1.54) is 10.7 Å². The molecule has 0 bridgehead atoms. The molecule has 3 aromatic rings. The first-order chi connectivity index (χ1) is 20.6. The number of nitrogens with one attached hydrogen (secondary N) is 1. The second kappa shape index (κ2) is 15.4. The summed E-state index contributed by atoms with van der Waals surface area (Å²) in [5, 5.41) is 3.77. The Morgan fingerprint density at radius 1 is 0.930 bits per heavy atom. The first-order valence-corrected chi connectivity index (χ1v) is 17.3. The van der Waals surface area contributed by atoms with Crippen LogP contribution >= 0.6 is 11.6 Å². The maximum absolute atomic E-state index is 14.0. The van der Waals surface area contributed by atoms with Gasteiger partial charge in [0.1, 0.15) is 6.04 Å². The minimum absolute atomic E-state index is 0.0907. The smallest absolute Gasteiger partial charge is 0.243 e. The van der Waals surface area contributed by atoms with Gasteiger partial charge in [0.2, 0.25) is 21.8 Å². The summed E-state index contributed by atoms with van der Waals surface area (Å²) < 4.78 is 26.6. The van der Waals surface area contributed by atoms with Crippen molar-refractivity contribution in [1.82, 2.24) is 10.2 Å². The Balaban J connectivity index is 1.58. The van der Waals surface area contributed by atoms with Crippen LogP contribution in [0.15, 0.2) is 78.9 Å². The van der Waals surface area contributed by atoms with Gasteiger partial charge in [0.25, 0.3) is 0 Å². The van der Waals surface area contributed by atoms with Crippen molar-refractivity contribution < 1.29 is 18.0 Å². The second-order valence-corrected chi connectivity index (χ2v) is 13.8. The van der Waals surface area contributed by atoms with Gasteiger partial charge >= 0.3 is 0 Å². The number of rotatable bonds is 13. The van der Waals surface area contributed by atoms with Crippen molar-refractivity contribution in [2.45, 2.75) is 76.9 Å². The minimum Gasteiger partial charge on any atom is -0.352 e. The SMILES string of the molecule is Cc1cccc(CN(C(=O)CCCN(c2ccc(Cl)cc2)S(C)(=O)=O)[C@@H](Cc2ccccc2)C(=O)NC2CCCCC2)c1. The first kappa shape index (κ1) is 32.6. The van der Waals surface area contributed by atoms with E-state index in [0.29, 0.717) is 23.6 Å². The maximum Gasteiger partial charge on any atom is 0.243 e. The van der Waals surface area contributed by atoms with Crippen LogP contribution in [-0.4, -0.2) is 50.0 Å². The lowest BCUT2D eigenvalue weighted by Gasteiger charge is -2.34. The van der Waals surface area contributed by atoms with E-state index in [1.54, 1.807) is 29.2 Å². The second-order valence-electron chi connectivity index (χ2n) is 11.5. The molecule has 2 amide bonds. The molecule has 0 unspecified atom stereocenters. The molecule has 43 heavy (non-hydrogen) atoms. The minimum atomic E-state index is -3.59. The lowest BCUT2D eigenvalue weighted by atomic mass is 9.94. The van der Waals surface area contributed by atoms with Crippen molar-refractivity contribution in [2.24, 2.45) is 0 Å². The van der Waals surface area contributed by atoms with Gasteiger partial charge in [-0.3, -0.25) is 13.9 Å². The van der Waals surface area contributed by atoms with E-state index >= 15 is 0 Å². The van der Waals surface area contributed by atoms with E-state index in [1.807, 2.05) is 61.5 Å². The Hall–Kier alpha value is -3.36. The highest BCUT2D eigenvalue weighted by Crippen LogP contribution is 2.23. The number of halogens is 1. The number of hydrogen-bond acceptors (Lipinski definition) is 4. The predicted molar refractivity (Wildman–Crippen MR) is 174 cm³/mol. The van der Waals surface area contributed by atoms with Gasteiger partial charge in [0.05, 0.1) is 11.9 Å². The number of anilines is 1. The third kappa shape index (κ3) is 9.83. The van der Waals surface area contributed by atoms with Crippen LogP contribution in [0.3, 0.4) is 0 Å². The largest absolute Gasteiger partial charge is 0.352 e. The van der Waals surface area contributed by atoms with Gasteiger partial charge in [-0.2, -0.15) is 0 Å². The van der Waals surface area contributed by atoms with E-state index in [9.17, 15) is 18.0 Å². The lowest BCUT2D eigenvalue weighted by Crippen LogP contribution is -2.53. The number of nitrogens with zero attached hydrogens (tertiary/aromatic N) is 2. The van der Waals surface area contributed by atoms with E-state index in [2.05, 4.69) is 5.32 Å². The Labute approximate surface area is 261 Å². The van der Waals surface area contributed by atoms with Crippen molar-refractivity contribution in [3.05, 3.63) is 101 Å². The summed E-state index contributed by atoms with van der Waals surface area (Å²) in [6.45, 7) is 2.41. The van der Waals surface area contributed by atoms with Crippen LogP contribution in [0.25, 0.3) is 0 Å². The van der Waals surface area contributed by atoms with Crippen LogP contribution in [-0.2, 0) is 32.6 Å². The topological polar surface area (TPSA) is 86.8 Å². The fraction of sp³-hybridized carbons (Fsp3) is 0.412. The highest BCUT2D eigenvalue weighted by molar-refractivity contribution is 7.92. The highest BCUT2D eigenvalue weighted by atomic mass is 35.5. The third-order valence-electron chi connectivity index (χ3n) is 7.92. The molecule has 1 atom stereocenters. The molecule has 9 heteroatoms. The van der Waals surface area contributed by atoms with Crippen molar-refractivity contribution in [3.63, 3.8) is 0 Å². The van der Waals surface area contributed by atoms with Gasteiger partial charge in [-0.05, 0) is 61.6 Å². The molecule has 3 aromatic carbocycles. The number of carbonyl (C=O) groups excluding carboxylic acids is 2. The number of benzene rings is 3. The monoisotopic (exact) mass is 623 g/mol. The van der Waals surface area contributed by atoms with Crippen molar-refractivity contribution >= 4 is 39.1 Å². The lowest BCUT2D eigenvalue weighted by molar-refractivity contribution is -0.141. The molecule has 0 heterocycles. The number of hydrogen-bond donors (Lipinski definition) is 1. The van der Waals surface area contributed by atoms with Crippen molar-refractivity contribution in [3.8, 4) is 0 Å². The van der Waals surface area contributed by atoms with Gasteiger partial charge < -0.3 is 10.2 Å². The molecular formula is C34H42ClN3O4S. The number of aryl methyl sites for hydroxylation is 1. The Morgan fingerprint density at radius 3 is 2.26 bits per heavy atom. The van der Waals surface area contributed by atoms with Gasteiger partial charge in [-0.1, -0.05) is 91.0 Å². The summed E-state index contributed by atoms with van der Waals surface area (Å²) in [6, 6.07) is 23.7. The molecule has 0 spiro atoms. The van der Waals surface area contributed by atoms with Crippen molar-refractivity contribution in [1.29, 1.82) is 0 Å². The van der Waals surface area contributed by atoms with Crippen LogP contribution in [0.4, 0.5) is 5.69 Å². The Morgan fingerprint density at radius 2 is 1.60 bits per heavy atom. The molecule has 1 fully saturated rings. The van der Waals surface area contributed by atoms with Gasteiger partial charge in [-0.25, -0.2) is 8.42 Å². The van der Waals surface area contributed by atoms with E-state index in [-0.39, 0.29) is 37.4 Å². The molecule has 1 aliphatic rings. The fourth-order valence-corrected chi connectivity index (χ4v) is 6.81. The number of carbonyl (C=O) groups is 2. The predicted octanol–water partition coefficient (Wildman–Crippen LogP) is 6.28. The van der Waals surface area contributed by atoms with E-state index in [4.69, 9.17) is 11.6 Å². The fourth-order valence-electron chi connectivity index (χ4n) is 5.72. The van der Waals surface area contributed by atoms with Crippen LogP contribution in [0.2, 0.25) is 5.02 Å². The van der Waals surface area contributed by atoms with Gasteiger partial charge in [0, 0.05) is 37.0 Å². The Bertz CT molecular complexity index is 1460. The molecule has 230 valence electrons. The van der Waals surface area contributed by atoms with E-state index < -0.39 is 16.1 Å². The average molecular weight is 624 g/mol. The number of amides is 2. The quantitative estimate of drug-likeness (QED) is 0.243. The van der Waals surface area contributed by atoms with Crippen LogP contribution in [0.1, 0.15) is 61.6 Å². The molecule has 0 aromatic heterocycles. The molecule has 0 aliphatic heterocycles. The van der Waals surface area contributed by atoms with Crippen LogP contribution in [0.5, 0.6) is 0 Å². The molecule has 0 saturated heterocycles. The zero-order chi connectivity index (χ0) is 30.8. The molecule has 1 N–H and O–H groups in total. The molecule has 7 nitrogen and oxygen atoms in total.